The highest BCUT2D eigenvalue weighted by atomic mass is 32.2. The Kier molecular flexibility index (Phi) is 3.69. The molecular formula is C12H14N2O5S. The molecule has 1 heterocycles. The van der Waals surface area contributed by atoms with Crippen molar-refractivity contribution in [2.45, 2.75) is 17.9 Å². The molecule has 20 heavy (non-hydrogen) atoms. The second-order valence-electron chi connectivity index (χ2n) is 4.23. The number of hydrogen-bond donors (Lipinski definition) is 2. The lowest BCUT2D eigenvalue weighted by molar-refractivity contribution is -0.137. The number of carbonyl (C=O) groups is 1. The van der Waals surface area contributed by atoms with Crippen LogP contribution in [0.5, 0.6) is 5.75 Å². The number of fused-ring (bicyclic) bond motifs is 1. The number of methoxy groups -OCH3 is 1. The Bertz CT molecular complexity index is 763. The third-order valence-corrected chi connectivity index (χ3v) is 3.85. The van der Waals surface area contributed by atoms with E-state index in [-0.39, 0.29) is 17.9 Å². The van der Waals surface area contributed by atoms with Gasteiger partial charge in [-0.25, -0.2) is 13.6 Å². The smallest absolute Gasteiger partial charge is 0.305 e. The molecule has 0 saturated heterocycles. The molecule has 0 aliphatic heterocycles. The Labute approximate surface area is 115 Å². The maximum absolute atomic E-state index is 11.7. The minimum absolute atomic E-state index is 0.0738. The fourth-order valence-corrected chi connectivity index (χ4v) is 2.83. The second kappa shape index (κ2) is 5.14. The van der Waals surface area contributed by atoms with E-state index in [4.69, 9.17) is 15.0 Å². The van der Waals surface area contributed by atoms with E-state index >= 15 is 0 Å². The van der Waals surface area contributed by atoms with Gasteiger partial charge in [-0.2, -0.15) is 0 Å². The van der Waals surface area contributed by atoms with Crippen LogP contribution < -0.4 is 9.88 Å². The Hall–Kier alpha value is -2.06. The summed E-state index contributed by atoms with van der Waals surface area (Å²) in [5.41, 5.74) is 0.564. The molecule has 0 saturated carbocycles. The number of ether oxygens (including phenoxy) is 1. The monoisotopic (exact) mass is 298 g/mol. The van der Waals surface area contributed by atoms with Crippen LogP contribution in [0.15, 0.2) is 29.3 Å². The zero-order valence-electron chi connectivity index (χ0n) is 10.7. The average Bonchev–Trinajstić information content (AvgIpc) is 2.75. The van der Waals surface area contributed by atoms with E-state index in [2.05, 4.69) is 0 Å². The molecule has 0 atom stereocenters. The van der Waals surface area contributed by atoms with Crippen molar-refractivity contribution in [2.24, 2.45) is 5.14 Å². The first-order valence-electron chi connectivity index (χ1n) is 5.75. The van der Waals surface area contributed by atoms with Gasteiger partial charge in [0.2, 0.25) is 10.0 Å². The van der Waals surface area contributed by atoms with Crippen molar-refractivity contribution in [3.63, 3.8) is 0 Å². The number of aliphatic carboxylic acids is 1. The number of sulfonamides is 1. The topological polar surface area (TPSA) is 112 Å². The molecule has 0 radical (unpaired) electrons. The second-order valence-corrected chi connectivity index (χ2v) is 5.76. The maximum Gasteiger partial charge on any atom is 0.305 e. The first-order valence-corrected chi connectivity index (χ1v) is 7.29. The fraction of sp³-hybridized carbons (Fsp3) is 0.250. The number of primary sulfonamides is 1. The fourth-order valence-electron chi connectivity index (χ4n) is 2.07. The van der Waals surface area contributed by atoms with Gasteiger partial charge in [-0.1, -0.05) is 6.07 Å². The van der Waals surface area contributed by atoms with Crippen molar-refractivity contribution < 1.29 is 23.1 Å². The molecule has 0 spiro atoms. The van der Waals surface area contributed by atoms with E-state index in [1.807, 2.05) is 0 Å². The van der Waals surface area contributed by atoms with Crippen molar-refractivity contribution in [1.82, 2.24) is 4.57 Å². The minimum atomic E-state index is -3.93. The molecule has 2 aromatic rings. The van der Waals surface area contributed by atoms with Gasteiger partial charge >= 0.3 is 5.97 Å². The highest BCUT2D eigenvalue weighted by molar-refractivity contribution is 7.89. The van der Waals surface area contributed by atoms with Gasteiger partial charge in [-0.15, -0.1) is 0 Å². The van der Waals surface area contributed by atoms with E-state index in [0.29, 0.717) is 16.7 Å². The lowest BCUT2D eigenvalue weighted by Crippen LogP contribution is -2.12. The number of benzene rings is 1. The van der Waals surface area contributed by atoms with Crippen LogP contribution in [0, 0.1) is 0 Å². The summed E-state index contributed by atoms with van der Waals surface area (Å²) in [5, 5.41) is 14.3. The summed E-state index contributed by atoms with van der Waals surface area (Å²) in [6, 6.07) is 5.01. The molecule has 7 nitrogen and oxygen atoms in total. The number of carboxylic acid groups (broad SMARTS) is 1. The standard InChI is InChI=1S/C12H14N2O5S/c1-19-9-4-2-3-8-12(9)10(20(13,17)18)7-14(8)6-5-11(15)16/h2-4,7H,5-6H2,1H3,(H,15,16)(H2,13,17,18). The predicted molar refractivity (Wildman–Crippen MR) is 72.1 cm³/mol. The third-order valence-electron chi connectivity index (χ3n) is 2.93. The quantitative estimate of drug-likeness (QED) is 0.847. The number of aryl methyl sites for hydroxylation is 1. The molecule has 3 N–H and O–H groups in total. The summed E-state index contributed by atoms with van der Waals surface area (Å²) in [6.45, 7) is 0.147. The van der Waals surface area contributed by atoms with Gasteiger partial charge in [-0.3, -0.25) is 4.79 Å². The SMILES string of the molecule is COc1cccc2c1c(S(N)(=O)=O)cn2CCC(=O)O. The van der Waals surface area contributed by atoms with E-state index in [0.717, 1.165) is 0 Å². The number of hydrogen-bond acceptors (Lipinski definition) is 4. The molecule has 0 fully saturated rings. The Morgan fingerprint density at radius 3 is 2.70 bits per heavy atom. The molecule has 2 rings (SSSR count). The molecule has 8 heteroatoms. The van der Waals surface area contributed by atoms with Crippen molar-refractivity contribution in [3.8, 4) is 5.75 Å². The van der Waals surface area contributed by atoms with Gasteiger partial charge in [0, 0.05) is 12.7 Å². The van der Waals surface area contributed by atoms with Crippen LogP contribution in [-0.2, 0) is 21.4 Å². The van der Waals surface area contributed by atoms with Crippen LogP contribution in [0.2, 0.25) is 0 Å². The molecule has 1 aromatic heterocycles. The van der Waals surface area contributed by atoms with Crippen LogP contribution in [-0.4, -0.2) is 31.2 Å². The number of carboxylic acids is 1. The van der Waals surface area contributed by atoms with Crippen LogP contribution in [0.4, 0.5) is 0 Å². The Morgan fingerprint density at radius 2 is 2.15 bits per heavy atom. The molecular weight excluding hydrogens is 284 g/mol. The lowest BCUT2D eigenvalue weighted by atomic mass is 10.2. The van der Waals surface area contributed by atoms with Crippen LogP contribution in [0.3, 0.4) is 0 Å². The zero-order valence-corrected chi connectivity index (χ0v) is 11.6. The van der Waals surface area contributed by atoms with Gasteiger partial charge < -0.3 is 14.4 Å². The van der Waals surface area contributed by atoms with E-state index in [1.165, 1.54) is 13.3 Å². The summed E-state index contributed by atoms with van der Waals surface area (Å²) in [7, 11) is -2.50. The first-order chi connectivity index (χ1) is 9.34. The normalized spacial score (nSPS) is 11.7. The summed E-state index contributed by atoms with van der Waals surface area (Å²) >= 11 is 0. The molecule has 1 aromatic carbocycles. The van der Waals surface area contributed by atoms with Crippen molar-refractivity contribution in [3.05, 3.63) is 24.4 Å². The highest BCUT2D eigenvalue weighted by Gasteiger charge is 2.20. The summed E-state index contributed by atoms with van der Waals surface area (Å²) < 4.78 is 30.0. The largest absolute Gasteiger partial charge is 0.496 e. The number of nitrogens with two attached hydrogens (primary N) is 1. The Morgan fingerprint density at radius 1 is 1.45 bits per heavy atom. The van der Waals surface area contributed by atoms with Gasteiger partial charge in [-0.05, 0) is 12.1 Å². The van der Waals surface area contributed by atoms with Crippen molar-refractivity contribution in [2.75, 3.05) is 7.11 Å². The van der Waals surface area contributed by atoms with Crippen molar-refractivity contribution >= 4 is 26.9 Å². The van der Waals surface area contributed by atoms with Crippen LogP contribution >= 0.6 is 0 Å². The summed E-state index contributed by atoms with van der Waals surface area (Å²) in [6.07, 6.45) is 1.22. The molecule has 108 valence electrons. The molecule has 0 aliphatic carbocycles. The van der Waals surface area contributed by atoms with Crippen LogP contribution in [0.25, 0.3) is 10.9 Å². The average molecular weight is 298 g/mol. The zero-order chi connectivity index (χ0) is 14.9. The highest BCUT2D eigenvalue weighted by Crippen LogP contribution is 2.32. The summed E-state index contributed by atoms with van der Waals surface area (Å²) in [4.78, 5) is 10.6. The molecule has 0 unspecified atom stereocenters. The Balaban J connectivity index is 2.70. The number of nitrogens with zero attached hydrogens (tertiary/aromatic N) is 1. The van der Waals surface area contributed by atoms with Gasteiger partial charge in [0.1, 0.15) is 10.6 Å². The van der Waals surface area contributed by atoms with E-state index in [1.54, 1.807) is 22.8 Å². The third kappa shape index (κ3) is 2.61. The summed E-state index contributed by atoms with van der Waals surface area (Å²) in [5.74, 6) is -0.590. The van der Waals surface area contributed by atoms with Gasteiger partial charge in [0.25, 0.3) is 0 Å². The van der Waals surface area contributed by atoms with Gasteiger partial charge in [0.15, 0.2) is 0 Å². The first kappa shape index (κ1) is 14.4. The minimum Gasteiger partial charge on any atom is -0.496 e. The van der Waals surface area contributed by atoms with E-state index < -0.39 is 16.0 Å². The van der Waals surface area contributed by atoms with Crippen LogP contribution in [0.1, 0.15) is 6.42 Å². The number of rotatable bonds is 5. The van der Waals surface area contributed by atoms with E-state index in [9.17, 15) is 13.2 Å². The molecule has 0 amide bonds. The number of aromatic nitrogens is 1. The van der Waals surface area contributed by atoms with Gasteiger partial charge in [0.05, 0.1) is 24.4 Å². The molecule has 0 bridgehead atoms. The van der Waals surface area contributed by atoms with Crippen molar-refractivity contribution in [1.29, 1.82) is 0 Å². The lowest BCUT2D eigenvalue weighted by Gasteiger charge is -2.05. The molecule has 0 aliphatic rings. The maximum atomic E-state index is 11.7. The predicted octanol–water partition coefficient (Wildman–Crippen LogP) is 0.772.